The molecule has 4 heteroatoms. The summed E-state index contributed by atoms with van der Waals surface area (Å²) in [6, 6.07) is 0.545. The van der Waals surface area contributed by atoms with Crippen LogP contribution in [0.3, 0.4) is 0 Å². The summed E-state index contributed by atoms with van der Waals surface area (Å²) in [6.07, 6.45) is 7.44. The minimum atomic E-state index is 0.136. The van der Waals surface area contributed by atoms with Crippen LogP contribution >= 0.6 is 0 Å². The highest BCUT2D eigenvalue weighted by Gasteiger charge is 2.25. The van der Waals surface area contributed by atoms with E-state index < -0.39 is 0 Å². The van der Waals surface area contributed by atoms with Crippen molar-refractivity contribution < 1.29 is 0 Å². The molecule has 0 atom stereocenters. The van der Waals surface area contributed by atoms with Crippen LogP contribution in [0.15, 0.2) is 4.79 Å². The Labute approximate surface area is 102 Å². The van der Waals surface area contributed by atoms with Crippen molar-refractivity contribution in [2.45, 2.75) is 51.1 Å². The maximum atomic E-state index is 12.0. The largest absolute Gasteiger partial charge is 0.301 e. The highest BCUT2D eigenvalue weighted by atomic mass is 16.1. The third-order valence-corrected chi connectivity index (χ3v) is 4.23. The van der Waals surface area contributed by atoms with Crippen LogP contribution in [-0.2, 0) is 13.0 Å². The smallest absolute Gasteiger partial charge is 0.268 e. The first-order valence-electron chi connectivity index (χ1n) is 6.76. The van der Waals surface area contributed by atoms with Crippen molar-refractivity contribution in [1.82, 2.24) is 14.7 Å². The Morgan fingerprint density at radius 2 is 2.00 bits per heavy atom. The van der Waals surface area contributed by atoms with E-state index in [1.165, 1.54) is 37.8 Å². The summed E-state index contributed by atoms with van der Waals surface area (Å²) in [5, 5.41) is 3.08. The number of fused-ring (bicyclic) bond motifs is 1. The van der Waals surface area contributed by atoms with Crippen LogP contribution in [0, 0.1) is 0 Å². The fraction of sp³-hybridized carbons (Fsp3) is 0.769. The number of nitrogens with zero attached hydrogens (tertiary/aromatic N) is 2. The van der Waals surface area contributed by atoms with Gasteiger partial charge in [0.05, 0.1) is 11.6 Å². The van der Waals surface area contributed by atoms with Gasteiger partial charge >= 0.3 is 0 Å². The van der Waals surface area contributed by atoms with Gasteiger partial charge in [0.25, 0.3) is 5.56 Å². The van der Waals surface area contributed by atoms with Crippen molar-refractivity contribution in [1.29, 1.82) is 0 Å². The summed E-state index contributed by atoms with van der Waals surface area (Å²) in [5.41, 5.74) is 2.42. The van der Waals surface area contributed by atoms with Crippen LogP contribution in [0.2, 0.25) is 0 Å². The predicted octanol–water partition coefficient (Wildman–Crippen LogP) is 1.67. The number of aromatic nitrogens is 2. The van der Waals surface area contributed by atoms with Crippen molar-refractivity contribution in [3.8, 4) is 0 Å². The number of hydrogen-bond donors (Lipinski definition) is 1. The van der Waals surface area contributed by atoms with Gasteiger partial charge in [-0.3, -0.25) is 14.6 Å². The van der Waals surface area contributed by atoms with Crippen LogP contribution in [0.25, 0.3) is 0 Å². The maximum Gasteiger partial charge on any atom is 0.268 e. The fourth-order valence-corrected chi connectivity index (χ4v) is 3.25. The molecule has 0 bridgehead atoms. The molecule has 0 radical (unpaired) electrons. The zero-order valence-corrected chi connectivity index (χ0v) is 10.5. The summed E-state index contributed by atoms with van der Waals surface area (Å²) in [4.78, 5) is 14.2. The van der Waals surface area contributed by atoms with Gasteiger partial charge in [0, 0.05) is 25.2 Å². The van der Waals surface area contributed by atoms with Gasteiger partial charge in [-0.25, -0.2) is 0 Å². The Morgan fingerprint density at radius 3 is 2.76 bits per heavy atom. The van der Waals surface area contributed by atoms with Crippen LogP contribution in [-0.4, -0.2) is 28.3 Å². The second kappa shape index (κ2) is 4.33. The number of hydrogen-bond acceptors (Lipinski definition) is 2. The summed E-state index contributed by atoms with van der Waals surface area (Å²) in [5.74, 6) is 0. The summed E-state index contributed by atoms with van der Waals surface area (Å²) in [6.45, 7) is 1.88. The lowest BCUT2D eigenvalue weighted by molar-refractivity contribution is 0.287. The molecule has 17 heavy (non-hydrogen) atoms. The van der Waals surface area contributed by atoms with E-state index in [0.29, 0.717) is 6.04 Å². The lowest BCUT2D eigenvalue weighted by Gasteiger charge is -2.28. The predicted molar refractivity (Wildman–Crippen MR) is 67.2 cm³/mol. The Bertz CT molecular complexity index is 454. The van der Waals surface area contributed by atoms with E-state index >= 15 is 0 Å². The third-order valence-electron chi connectivity index (χ3n) is 4.23. The van der Waals surface area contributed by atoms with Crippen molar-refractivity contribution in [2.75, 3.05) is 13.6 Å². The first-order chi connectivity index (χ1) is 8.25. The van der Waals surface area contributed by atoms with Gasteiger partial charge in [-0.1, -0.05) is 19.3 Å². The molecule has 2 heterocycles. The van der Waals surface area contributed by atoms with E-state index in [9.17, 15) is 4.79 Å². The molecule has 94 valence electrons. The molecule has 1 saturated carbocycles. The summed E-state index contributed by atoms with van der Waals surface area (Å²) in [7, 11) is 2.08. The fourth-order valence-electron chi connectivity index (χ4n) is 3.25. The molecule has 3 rings (SSSR count). The van der Waals surface area contributed by atoms with E-state index in [1.54, 1.807) is 0 Å². The van der Waals surface area contributed by atoms with E-state index in [0.717, 1.165) is 25.1 Å². The van der Waals surface area contributed by atoms with Crippen LogP contribution < -0.4 is 5.56 Å². The second-order valence-corrected chi connectivity index (χ2v) is 5.52. The summed E-state index contributed by atoms with van der Waals surface area (Å²) < 4.78 is 2.20. The van der Waals surface area contributed by atoms with Gasteiger partial charge in [-0.05, 0) is 19.9 Å². The number of nitrogens with one attached hydrogen (secondary N) is 1. The molecule has 1 aromatic rings. The molecule has 0 aromatic carbocycles. The molecule has 1 aromatic heterocycles. The highest BCUT2D eigenvalue weighted by molar-refractivity contribution is 5.21. The maximum absolute atomic E-state index is 12.0. The molecule has 1 aliphatic carbocycles. The third kappa shape index (κ3) is 1.95. The summed E-state index contributed by atoms with van der Waals surface area (Å²) >= 11 is 0. The van der Waals surface area contributed by atoms with Gasteiger partial charge in [0.1, 0.15) is 0 Å². The van der Waals surface area contributed by atoms with Gasteiger partial charge in [0.2, 0.25) is 0 Å². The lowest BCUT2D eigenvalue weighted by Crippen LogP contribution is -2.30. The molecule has 0 saturated heterocycles. The first-order valence-corrected chi connectivity index (χ1v) is 6.76. The van der Waals surface area contributed by atoms with Gasteiger partial charge < -0.3 is 4.90 Å². The van der Waals surface area contributed by atoms with Crippen molar-refractivity contribution in [3.05, 3.63) is 21.6 Å². The average molecular weight is 235 g/mol. The SMILES string of the molecule is CN1CCc2c(c(=O)[nH]n2C2CCCCC2)C1. The molecule has 1 fully saturated rings. The normalized spacial score (nSPS) is 22.6. The highest BCUT2D eigenvalue weighted by Crippen LogP contribution is 2.29. The molecule has 1 N–H and O–H groups in total. The number of rotatable bonds is 1. The molecule has 2 aliphatic rings. The van der Waals surface area contributed by atoms with Crippen molar-refractivity contribution in [3.63, 3.8) is 0 Å². The monoisotopic (exact) mass is 235 g/mol. The van der Waals surface area contributed by atoms with E-state index in [4.69, 9.17) is 0 Å². The Balaban J connectivity index is 1.95. The topological polar surface area (TPSA) is 41.0 Å². The van der Waals surface area contributed by atoms with Gasteiger partial charge in [-0.2, -0.15) is 0 Å². The average Bonchev–Trinajstić information content (AvgIpc) is 2.68. The quantitative estimate of drug-likeness (QED) is 0.804. The van der Waals surface area contributed by atoms with Gasteiger partial charge in [-0.15, -0.1) is 0 Å². The van der Waals surface area contributed by atoms with Crippen LogP contribution in [0.4, 0.5) is 0 Å². The standard InChI is InChI=1S/C13H21N3O/c1-15-8-7-12-11(9-15)13(17)14-16(12)10-5-3-2-4-6-10/h10H,2-9H2,1H3,(H,14,17). The minimum absolute atomic E-state index is 0.136. The second-order valence-electron chi connectivity index (χ2n) is 5.52. The Kier molecular flexibility index (Phi) is 2.82. The van der Waals surface area contributed by atoms with Crippen molar-refractivity contribution >= 4 is 0 Å². The molecule has 0 amide bonds. The van der Waals surface area contributed by atoms with Crippen LogP contribution in [0.1, 0.15) is 49.4 Å². The Hall–Kier alpha value is -1.03. The number of likely N-dealkylation sites (N-methyl/N-ethyl adjacent to an activating group) is 1. The molecular formula is C13H21N3O. The zero-order chi connectivity index (χ0) is 11.8. The zero-order valence-electron chi connectivity index (χ0n) is 10.5. The molecule has 4 nitrogen and oxygen atoms in total. The molecular weight excluding hydrogens is 214 g/mol. The Morgan fingerprint density at radius 1 is 1.24 bits per heavy atom. The first kappa shape index (κ1) is 11.1. The van der Waals surface area contributed by atoms with Crippen LogP contribution in [0.5, 0.6) is 0 Å². The van der Waals surface area contributed by atoms with E-state index in [1.807, 2.05) is 0 Å². The molecule has 0 spiro atoms. The van der Waals surface area contributed by atoms with E-state index in [-0.39, 0.29) is 5.56 Å². The van der Waals surface area contributed by atoms with Crippen molar-refractivity contribution in [2.24, 2.45) is 0 Å². The number of H-pyrrole nitrogens is 1. The molecule has 1 aliphatic heterocycles. The van der Waals surface area contributed by atoms with Gasteiger partial charge in [0.15, 0.2) is 0 Å². The number of aromatic amines is 1. The lowest BCUT2D eigenvalue weighted by atomic mass is 9.95. The molecule has 0 unspecified atom stereocenters. The minimum Gasteiger partial charge on any atom is -0.301 e. The van der Waals surface area contributed by atoms with E-state index in [2.05, 4.69) is 21.7 Å².